The van der Waals surface area contributed by atoms with Crippen LogP contribution in [0.4, 0.5) is 0 Å². The number of morpholine rings is 1. The lowest BCUT2D eigenvalue weighted by Crippen LogP contribution is -2.60. The summed E-state index contributed by atoms with van der Waals surface area (Å²) in [5.41, 5.74) is 0.191. The molecule has 1 aliphatic heterocycles. The summed E-state index contributed by atoms with van der Waals surface area (Å²) in [6.07, 6.45) is 8.00. The second-order valence-electron chi connectivity index (χ2n) is 8.02. The van der Waals surface area contributed by atoms with Crippen LogP contribution in [-0.2, 0) is 11.3 Å². The van der Waals surface area contributed by atoms with Crippen LogP contribution in [0.1, 0.15) is 44.9 Å². The number of aromatic amines is 1. The van der Waals surface area contributed by atoms with E-state index >= 15 is 0 Å². The summed E-state index contributed by atoms with van der Waals surface area (Å²) in [6, 6.07) is 3.67. The van der Waals surface area contributed by atoms with Crippen molar-refractivity contribution in [3.63, 3.8) is 0 Å². The maximum atomic E-state index is 5.59. The van der Waals surface area contributed by atoms with Gasteiger partial charge in [0.1, 0.15) is 12.4 Å². The van der Waals surface area contributed by atoms with Crippen LogP contribution in [0.15, 0.2) is 27.8 Å². The molecule has 0 bridgehead atoms. The number of guanidine groups is 1. The zero-order valence-corrected chi connectivity index (χ0v) is 20.6. The van der Waals surface area contributed by atoms with Gasteiger partial charge in [-0.2, -0.15) is 0 Å². The highest BCUT2D eigenvalue weighted by molar-refractivity contribution is 14.0. The van der Waals surface area contributed by atoms with E-state index in [1.807, 2.05) is 12.1 Å². The minimum absolute atomic E-state index is 0. The summed E-state index contributed by atoms with van der Waals surface area (Å²) in [5, 5.41) is 14.1. The Morgan fingerprint density at radius 3 is 2.74 bits per heavy atom. The Morgan fingerprint density at radius 2 is 2.03 bits per heavy atom. The van der Waals surface area contributed by atoms with Crippen molar-refractivity contribution in [3.8, 4) is 11.6 Å². The number of aromatic nitrogens is 3. The SMILES string of the molecule is CCNC(=NCc1nc(-c2ccco2)n[nH]1)NCC1(N2CCOCC2)CCCCC1.I. The van der Waals surface area contributed by atoms with E-state index in [0.29, 0.717) is 24.0 Å². The number of halogens is 1. The van der Waals surface area contributed by atoms with Gasteiger partial charge in [-0.05, 0) is 31.9 Å². The van der Waals surface area contributed by atoms with Crippen molar-refractivity contribution in [3.05, 3.63) is 24.2 Å². The molecular formula is C21H34IN7O2. The molecule has 3 heterocycles. The van der Waals surface area contributed by atoms with Crippen LogP contribution in [0.5, 0.6) is 0 Å². The van der Waals surface area contributed by atoms with Crippen molar-refractivity contribution in [1.29, 1.82) is 0 Å². The molecule has 0 radical (unpaired) electrons. The molecule has 172 valence electrons. The number of furan rings is 1. The van der Waals surface area contributed by atoms with Gasteiger partial charge in [-0.25, -0.2) is 9.98 Å². The fourth-order valence-corrected chi connectivity index (χ4v) is 4.48. The quantitative estimate of drug-likeness (QED) is 0.280. The molecule has 1 saturated heterocycles. The Hall–Kier alpha value is -1.66. The zero-order valence-electron chi connectivity index (χ0n) is 18.2. The Labute approximate surface area is 200 Å². The second kappa shape index (κ2) is 11.8. The lowest BCUT2D eigenvalue weighted by Gasteiger charge is -2.48. The molecule has 3 N–H and O–H groups in total. The van der Waals surface area contributed by atoms with Gasteiger partial charge in [-0.1, -0.05) is 19.3 Å². The van der Waals surface area contributed by atoms with Crippen molar-refractivity contribution in [2.45, 2.75) is 51.1 Å². The maximum Gasteiger partial charge on any atom is 0.216 e. The minimum Gasteiger partial charge on any atom is -0.461 e. The Morgan fingerprint density at radius 1 is 1.23 bits per heavy atom. The number of H-pyrrole nitrogens is 1. The fraction of sp³-hybridized carbons (Fsp3) is 0.667. The molecule has 2 fully saturated rings. The molecule has 1 saturated carbocycles. The van der Waals surface area contributed by atoms with E-state index in [2.05, 4.69) is 37.6 Å². The summed E-state index contributed by atoms with van der Waals surface area (Å²) >= 11 is 0. The number of hydrogen-bond donors (Lipinski definition) is 3. The normalized spacial score (nSPS) is 19.6. The van der Waals surface area contributed by atoms with Crippen LogP contribution in [0.3, 0.4) is 0 Å². The average Bonchev–Trinajstić information content (AvgIpc) is 3.49. The second-order valence-corrected chi connectivity index (χ2v) is 8.02. The van der Waals surface area contributed by atoms with Gasteiger partial charge < -0.3 is 19.8 Å². The highest BCUT2D eigenvalue weighted by Gasteiger charge is 2.38. The fourth-order valence-electron chi connectivity index (χ4n) is 4.48. The van der Waals surface area contributed by atoms with E-state index in [4.69, 9.17) is 14.1 Å². The molecule has 4 rings (SSSR count). The van der Waals surface area contributed by atoms with E-state index in [-0.39, 0.29) is 29.5 Å². The summed E-state index contributed by atoms with van der Waals surface area (Å²) in [6.45, 7) is 7.91. The largest absolute Gasteiger partial charge is 0.461 e. The standard InChI is InChI=1S/C21H33N7O2.HI/c1-2-22-20(23-15-18-25-19(27-26-18)17-7-6-12-30-17)24-16-21(8-4-3-5-9-21)28-10-13-29-14-11-28;/h6-7,12H,2-5,8-11,13-16H2,1H3,(H2,22,23,24)(H,25,26,27);1H. The molecule has 0 atom stereocenters. The van der Waals surface area contributed by atoms with E-state index in [0.717, 1.165) is 45.4 Å². The molecule has 2 aromatic heterocycles. The van der Waals surface area contributed by atoms with Gasteiger partial charge in [-0.3, -0.25) is 10.00 Å². The van der Waals surface area contributed by atoms with Crippen molar-refractivity contribution < 1.29 is 9.15 Å². The van der Waals surface area contributed by atoms with Crippen LogP contribution in [0.25, 0.3) is 11.6 Å². The van der Waals surface area contributed by atoms with Crippen molar-refractivity contribution in [1.82, 2.24) is 30.7 Å². The first kappa shape index (κ1) is 24.0. The molecule has 9 nitrogen and oxygen atoms in total. The summed E-state index contributed by atoms with van der Waals surface area (Å²) in [7, 11) is 0. The molecule has 10 heteroatoms. The highest BCUT2D eigenvalue weighted by Crippen LogP contribution is 2.33. The predicted octanol–water partition coefficient (Wildman–Crippen LogP) is 2.77. The molecule has 0 unspecified atom stereocenters. The number of aliphatic imine (C=N–C) groups is 1. The molecule has 31 heavy (non-hydrogen) atoms. The van der Waals surface area contributed by atoms with Crippen molar-refractivity contribution in [2.75, 3.05) is 39.4 Å². The predicted molar refractivity (Wildman–Crippen MR) is 131 cm³/mol. The van der Waals surface area contributed by atoms with Crippen LogP contribution < -0.4 is 10.6 Å². The van der Waals surface area contributed by atoms with Gasteiger partial charge in [-0.15, -0.1) is 29.1 Å². The first-order valence-corrected chi connectivity index (χ1v) is 11.1. The molecule has 1 aliphatic carbocycles. The van der Waals surface area contributed by atoms with Gasteiger partial charge in [0.25, 0.3) is 0 Å². The lowest BCUT2D eigenvalue weighted by molar-refractivity contribution is -0.0352. The van der Waals surface area contributed by atoms with Gasteiger partial charge in [0.15, 0.2) is 11.7 Å². The van der Waals surface area contributed by atoms with Crippen molar-refractivity contribution in [2.24, 2.45) is 4.99 Å². The molecule has 2 aliphatic rings. The summed E-state index contributed by atoms with van der Waals surface area (Å²) in [5.74, 6) is 2.72. The van der Waals surface area contributed by atoms with Crippen LogP contribution in [0, 0.1) is 0 Å². The Balaban J connectivity index is 0.00000272. The summed E-state index contributed by atoms with van der Waals surface area (Å²) in [4.78, 5) is 11.8. The lowest BCUT2D eigenvalue weighted by atomic mass is 9.80. The smallest absolute Gasteiger partial charge is 0.216 e. The monoisotopic (exact) mass is 543 g/mol. The number of rotatable bonds is 7. The third-order valence-corrected chi connectivity index (χ3v) is 6.06. The number of nitrogens with zero attached hydrogens (tertiary/aromatic N) is 4. The van der Waals surface area contributed by atoms with Crippen molar-refractivity contribution >= 4 is 29.9 Å². The van der Waals surface area contributed by atoms with E-state index in [1.165, 1.54) is 32.1 Å². The number of hydrogen-bond acceptors (Lipinski definition) is 6. The van der Waals surface area contributed by atoms with Gasteiger partial charge in [0.2, 0.25) is 5.82 Å². The minimum atomic E-state index is 0. The molecule has 0 amide bonds. The molecule has 0 spiro atoms. The zero-order chi connectivity index (χ0) is 20.7. The maximum absolute atomic E-state index is 5.59. The van der Waals surface area contributed by atoms with E-state index < -0.39 is 0 Å². The summed E-state index contributed by atoms with van der Waals surface area (Å²) < 4.78 is 10.9. The third-order valence-electron chi connectivity index (χ3n) is 6.06. The average molecular weight is 543 g/mol. The number of ether oxygens (including phenoxy) is 1. The molecule has 2 aromatic rings. The van der Waals surface area contributed by atoms with Crippen LogP contribution in [-0.4, -0.2) is 71.0 Å². The van der Waals surface area contributed by atoms with E-state index in [9.17, 15) is 0 Å². The number of nitrogens with one attached hydrogen (secondary N) is 3. The molecule has 0 aromatic carbocycles. The van der Waals surface area contributed by atoms with E-state index in [1.54, 1.807) is 6.26 Å². The highest BCUT2D eigenvalue weighted by atomic mass is 127. The van der Waals surface area contributed by atoms with Gasteiger partial charge in [0.05, 0.1) is 19.5 Å². The van der Waals surface area contributed by atoms with Gasteiger partial charge >= 0.3 is 0 Å². The topological polar surface area (TPSA) is 104 Å². The first-order chi connectivity index (χ1) is 14.8. The Kier molecular flexibility index (Phi) is 9.15. The Bertz CT molecular complexity index is 797. The first-order valence-electron chi connectivity index (χ1n) is 11.1. The molecular weight excluding hydrogens is 509 g/mol. The van der Waals surface area contributed by atoms with Gasteiger partial charge in [0, 0.05) is 31.7 Å². The van der Waals surface area contributed by atoms with Crippen LogP contribution in [0.2, 0.25) is 0 Å². The van der Waals surface area contributed by atoms with Crippen LogP contribution >= 0.6 is 24.0 Å². The third kappa shape index (κ3) is 6.19.